The summed E-state index contributed by atoms with van der Waals surface area (Å²) in [6.45, 7) is 5.39. The topological polar surface area (TPSA) is 29.9 Å². The SMILES string of the molecule is CCCNC(C)c1cncn1C. The summed E-state index contributed by atoms with van der Waals surface area (Å²) in [5.74, 6) is 0. The van der Waals surface area contributed by atoms with E-state index in [1.54, 1.807) is 0 Å². The van der Waals surface area contributed by atoms with E-state index in [4.69, 9.17) is 0 Å². The van der Waals surface area contributed by atoms with Crippen LogP contribution in [-0.2, 0) is 7.05 Å². The molecule has 1 N–H and O–H groups in total. The maximum atomic E-state index is 4.07. The molecular weight excluding hydrogens is 150 g/mol. The molecule has 0 fully saturated rings. The van der Waals surface area contributed by atoms with Gasteiger partial charge in [0.15, 0.2) is 0 Å². The van der Waals surface area contributed by atoms with Crippen LogP contribution in [0.1, 0.15) is 32.0 Å². The van der Waals surface area contributed by atoms with Gasteiger partial charge in [-0.1, -0.05) is 6.92 Å². The Morgan fingerprint density at radius 3 is 2.92 bits per heavy atom. The minimum atomic E-state index is 0.400. The zero-order chi connectivity index (χ0) is 8.97. The number of imidazole rings is 1. The summed E-state index contributed by atoms with van der Waals surface area (Å²) in [7, 11) is 2.02. The van der Waals surface area contributed by atoms with Crippen LogP contribution < -0.4 is 5.32 Å². The van der Waals surface area contributed by atoms with Crippen molar-refractivity contribution >= 4 is 0 Å². The Kier molecular flexibility index (Phi) is 3.29. The molecule has 0 spiro atoms. The molecular formula is C9H17N3. The Bertz CT molecular complexity index is 229. The third-order valence-corrected chi connectivity index (χ3v) is 2.00. The molecule has 0 saturated heterocycles. The molecule has 12 heavy (non-hydrogen) atoms. The van der Waals surface area contributed by atoms with Gasteiger partial charge in [-0.05, 0) is 19.9 Å². The Hall–Kier alpha value is -0.830. The van der Waals surface area contributed by atoms with Crippen LogP contribution in [-0.4, -0.2) is 16.1 Å². The predicted octanol–water partition coefficient (Wildman–Crippen LogP) is 1.48. The largest absolute Gasteiger partial charge is 0.336 e. The minimum absolute atomic E-state index is 0.400. The van der Waals surface area contributed by atoms with Gasteiger partial charge in [0.25, 0.3) is 0 Å². The molecule has 68 valence electrons. The molecule has 0 bridgehead atoms. The Morgan fingerprint density at radius 2 is 2.42 bits per heavy atom. The number of aryl methyl sites for hydroxylation is 1. The second kappa shape index (κ2) is 4.26. The van der Waals surface area contributed by atoms with Crippen molar-refractivity contribution in [1.82, 2.24) is 14.9 Å². The molecule has 1 rings (SSSR count). The molecule has 0 amide bonds. The Balaban J connectivity index is 2.52. The predicted molar refractivity (Wildman–Crippen MR) is 49.9 cm³/mol. The summed E-state index contributed by atoms with van der Waals surface area (Å²) in [5.41, 5.74) is 1.24. The van der Waals surface area contributed by atoms with Crippen molar-refractivity contribution in [3.8, 4) is 0 Å². The fourth-order valence-electron chi connectivity index (χ4n) is 1.25. The number of nitrogens with zero attached hydrogens (tertiary/aromatic N) is 2. The van der Waals surface area contributed by atoms with Gasteiger partial charge in [0.1, 0.15) is 0 Å². The number of aromatic nitrogens is 2. The van der Waals surface area contributed by atoms with E-state index >= 15 is 0 Å². The zero-order valence-corrected chi connectivity index (χ0v) is 8.04. The normalized spacial score (nSPS) is 13.2. The summed E-state index contributed by atoms with van der Waals surface area (Å²) in [6, 6.07) is 0.400. The molecule has 0 aliphatic heterocycles. The molecule has 1 aromatic rings. The number of hydrogen-bond acceptors (Lipinski definition) is 2. The zero-order valence-electron chi connectivity index (χ0n) is 8.04. The van der Waals surface area contributed by atoms with E-state index in [9.17, 15) is 0 Å². The van der Waals surface area contributed by atoms with Gasteiger partial charge in [-0.15, -0.1) is 0 Å². The van der Waals surface area contributed by atoms with Crippen molar-refractivity contribution in [2.24, 2.45) is 7.05 Å². The van der Waals surface area contributed by atoms with Crippen molar-refractivity contribution in [2.75, 3.05) is 6.54 Å². The maximum absolute atomic E-state index is 4.07. The first-order valence-electron chi connectivity index (χ1n) is 4.45. The van der Waals surface area contributed by atoms with Gasteiger partial charge >= 0.3 is 0 Å². The van der Waals surface area contributed by atoms with E-state index in [1.807, 2.05) is 24.1 Å². The molecule has 1 heterocycles. The van der Waals surface area contributed by atoms with Crippen LogP contribution in [0.5, 0.6) is 0 Å². The van der Waals surface area contributed by atoms with E-state index in [-0.39, 0.29) is 0 Å². The summed E-state index contributed by atoms with van der Waals surface area (Å²) in [5, 5.41) is 3.41. The van der Waals surface area contributed by atoms with Crippen LogP contribution in [0.4, 0.5) is 0 Å². The van der Waals surface area contributed by atoms with Crippen LogP contribution in [0.2, 0.25) is 0 Å². The van der Waals surface area contributed by atoms with E-state index in [0.717, 1.165) is 6.54 Å². The van der Waals surface area contributed by atoms with Gasteiger partial charge < -0.3 is 9.88 Å². The fourth-order valence-corrected chi connectivity index (χ4v) is 1.25. The van der Waals surface area contributed by atoms with Crippen molar-refractivity contribution in [3.05, 3.63) is 18.2 Å². The lowest BCUT2D eigenvalue weighted by Gasteiger charge is -2.12. The smallest absolute Gasteiger partial charge is 0.0946 e. The van der Waals surface area contributed by atoms with E-state index in [2.05, 4.69) is 24.1 Å². The third-order valence-electron chi connectivity index (χ3n) is 2.00. The molecule has 0 aromatic carbocycles. The quantitative estimate of drug-likeness (QED) is 0.736. The van der Waals surface area contributed by atoms with Gasteiger partial charge in [0.05, 0.1) is 12.0 Å². The summed E-state index contributed by atoms with van der Waals surface area (Å²) in [4.78, 5) is 4.07. The van der Waals surface area contributed by atoms with E-state index in [0.29, 0.717) is 6.04 Å². The maximum Gasteiger partial charge on any atom is 0.0946 e. The highest BCUT2D eigenvalue weighted by Gasteiger charge is 2.06. The lowest BCUT2D eigenvalue weighted by Crippen LogP contribution is -2.21. The van der Waals surface area contributed by atoms with Crippen LogP contribution in [0.25, 0.3) is 0 Å². The van der Waals surface area contributed by atoms with Crippen molar-refractivity contribution in [3.63, 3.8) is 0 Å². The van der Waals surface area contributed by atoms with Crippen molar-refractivity contribution < 1.29 is 0 Å². The average Bonchev–Trinajstić information content (AvgIpc) is 2.47. The fraction of sp³-hybridized carbons (Fsp3) is 0.667. The van der Waals surface area contributed by atoms with Crippen LogP contribution in [0, 0.1) is 0 Å². The minimum Gasteiger partial charge on any atom is -0.336 e. The molecule has 0 aliphatic rings. The first kappa shape index (κ1) is 9.26. The first-order chi connectivity index (χ1) is 5.75. The standard InChI is InChI=1S/C9H17N3/c1-4-5-11-8(2)9-6-10-7-12(9)3/h6-8,11H,4-5H2,1-3H3. The Labute approximate surface area is 73.8 Å². The second-order valence-corrected chi connectivity index (χ2v) is 3.11. The molecule has 0 radical (unpaired) electrons. The second-order valence-electron chi connectivity index (χ2n) is 3.11. The monoisotopic (exact) mass is 167 g/mol. The molecule has 1 unspecified atom stereocenters. The van der Waals surface area contributed by atoms with Crippen molar-refractivity contribution in [2.45, 2.75) is 26.3 Å². The van der Waals surface area contributed by atoms with Crippen LogP contribution >= 0.6 is 0 Å². The molecule has 0 aliphatic carbocycles. The molecule has 0 saturated carbocycles. The highest BCUT2D eigenvalue weighted by molar-refractivity contribution is 5.02. The summed E-state index contributed by atoms with van der Waals surface area (Å²) < 4.78 is 2.05. The van der Waals surface area contributed by atoms with Gasteiger partial charge in [-0.3, -0.25) is 0 Å². The average molecular weight is 167 g/mol. The van der Waals surface area contributed by atoms with Gasteiger partial charge in [-0.2, -0.15) is 0 Å². The van der Waals surface area contributed by atoms with Crippen LogP contribution in [0.15, 0.2) is 12.5 Å². The Morgan fingerprint density at radius 1 is 1.67 bits per heavy atom. The van der Waals surface area contributed by atoms with E-state index in [1.165, 1.54) is 12.1 Å². The lowest BCUT2D eigenvalue weighted by molar-refractivity contribution is 0.542. The highest BCUT2D eigenvalue weighted by atomic mass is 15.1. The highest BCUT2D eigenvalue weighted by Crippen LogP contribution is 2.09. The van der Waals surface area contributed by atoms with Gasteiger partial charge in [-0.25, -0.2) is 4.98 Å². The molecule has 1 aromatic heterocycles. The molecule has 1 atom stereocenters. The van der Waals surface area contributed by atoms with Crippen LogP contribution in [0.3, 0.4) is 0 Å². The first-order valence-corrected chi connectivity index (χ1v) is 4.45. The van der Waals surface area contributed by atoms with Crippen molar-refractivity contribution in [1.29, 1.82) is 0 Å². The van der Waals surface area contributed by atoms with E-state index < -0.39 is 0 Å². The lowest BCUT2D eigenvalue weighted by atomic mass is 10.2. The molecule has 3 heteroatoms. The number of rotatable bonds is 4. The van der Waals surface area contributed by atoms with Gasteiger partial charge in [0, 0.05) is 19.3 Å². The number of nitrogens with one attached hydrogen (secondary N) is 1. The van der Waals surface area contributed by atoms with Gasteiger partial charge in [0.2, 0.25) is 0 Å². The number of hydrogen-bond donors (Lipinski definition) is 1. The summed E-state index contributed by atoms with van der Waals surface area (Å²) in [6.07, 6.45) is 4.91. The third kappa shape index (κ3) is 2.08. The molecule has 3 nitrogen and oxygen atoms in total. The summed E-state index contributed by atoms with van der Waals surface area (Å²) >= 11 is 0.